The molecule has 0 bridgehead atoms. The third-order valence-electron chi connectivity index (χ3n) is 6.75. The molecular formula is C27H24N2O6S. The van der Waals surface area contributed by atoms with Gasteiger partial charge in [0.25, 0.3) is 23.6 Å². The normalized spacial score (nSPS) is 15.8. The molecular weight excluding hydrogens is 480 g/mol. The lowest BCUT2D eigenvalue weighted by molar-refractivity contribution is 0.0466. The molecule has 4 amide bonds. The van der Waals surface area contributed by atoms with Gasteiger partial charge in [-0.3, -0.25) is 24.1 Å². The summed E-state index contributed by atoms with van der Waals surface area (Å²) in [6.45, 7) is -0.359. The third-order valence-corrected chi connectivity index (χ3v) is 7.40. The van der Waals surface area contributed by atoms with E-state index in [2.05, 4.69) is 0 Å². The monoisotopic (exact) mass is 504 g/mol. The number of benzene rings is 3. The standard InChI is InChI=1S/C27H24N2O6S/c1-36-13-11-17(14-31)29-26(34)20-8-6-18-22-19(7-9-21(23(20)22)27(29)35)25(33)28(24(18)32)16-4-2-15(3-5-16)10-12-30/h2-9,17,30-31H,10-14H2,1H3. The second-order valence-electron chi connectivity index (χ2n) is 8.76. The van der Waals surface area contributed by atoms with Crippen molar-refractivity contribution in [3.05, 3.63) is 76.3 Å². The van der Waals surface area contributed by atoms with Gasteiger partial charge in [0.05, 0.1) is 18.3 Å². The molecule has 2 aliphatic rings. The molecule has 0 aromatic heterocycles. The van der Waals surface area contributed by atoms with Crippen LogP contribution in [0.3, 0.4) is 0 Å². The van der Waals surface area contributed by atoms with E-state index in [0.717, 1.165) is 15.4 Å². The number of imide groups is 2. The van der Waals surface area contributed by atoms with Crippen LogP contribution in [0.15, 0.2) is 48.5 Å². The zero-order chi connectivity index (χ0) is 25.6. The van der Waals surface area contributed by atoms with Gasteiger partial charge in [-0.05, 0) is 66.8 Å². The number of thioether (sulfide) groups is 1. The average Bonchev–Trinajstić information content (AvgIpc) is 2.89. The van der Waals surface area contributed by atoms with Gasteiger partial charge in [-0.25, -0.2) is 4.90 Å². The number of aliphatic hydroxyl groups is 2. The minimum atomic E-state index is -0.666. The predicted octanol–water partition coefficient (Wildman–Crippen LogP) is 2.89. The fraction of sp³-hybridized carbons (Fsp3) is 0.259. The molecule has 3 aromatic carbocycles. The highest BCUT2D eigenvalue weighted by atomic mass is 32.2. The van der Waals surface area contributed by atoms with Crippen molar-refractivity contribution >= 4 is 51.9 Å². The van der Waals surface area contributed by atoms with Crippen LogP contribution in [0.5, 0.6) is 0 Å². The molecule has 8 nitrogen and oxygen atoms in total. The van der Waals surface area contributed by atoms with Crippen molar-refractivity contribution in [2.24, 2.45) is 0 Å². The fourth-order valence-electron chi connectivity index (χ4n) is 4.96. The summed E-state index contributed by atoms with van der Waals surface area (Å²) in [6.07, 6.45) is 2.82. The van der Waals surface area contributed by atoms with Crippen LogP contribution in [0.2, 0.25) is 0 Å². The minimum Gasteiger partial charge on any atom is -0.396 e. The number of aliphatic hydroxyl groups excluding tert-OH is 2. The van der Waals surface area contributed by atoms with Crippen molar-refractivity contribution in [2.75, 3.05) is 30.1 Å². The first kappa shape index (κ1) is 24.2. The Labute approximate surface area is 211 Å². The maximum absolute atomic E-state index is 13.5. The van der Waals surface area contributed by atoms with E-state index >= 15 is 0 Å². The Bertz CT molecular complexity index is 1350. The maximum atomic E-state index is 13.5. The van der Waals surface area contributed by atoms with Crippen LogP contribution in [0, 0.1) is 0 Å². The smallest absolute Gasteiger partial charge is 0.265 e. The Kier molecular flexibility index (Phi) is 6.38. The average molecular weight is 505 g/mol. The second kappa shape index (κ2) is 9.50. The van der Waals surface area contributed by atoms with Crippen LogP contribution in [0.25, 0.3) is 10.8 Å². The molecule has 1 atom stereocenters. The number of anilines is 1. The van der Waals surface area contributed by atoms with Crippen molar-refractivity contribution in [3.8, 4) is 0 Å². The fourth-order valence-corrected chi connectivity index (χ4v) is 5.46. The first-order valence-electron chi connectivity index (χ1n) is 11.6. The summed E-state index contributed by atoms with van der Waals surface area (Å²) < 4.78 is 0. The molecule has 0 saturated carbocycles. The lowest BCUT2D eigenvalue weighted by atomic mass is 9.85. The maximum Gasteiger partial charge on any atom is 0.265 e. The lowest BCUT2D eigenvalue weighted by Crippen LogP contribution is -2.49. The van der Waals surface area contributed by atoms with Crippen LogP contribution in [-0.2, 0) is 6.42 Å². The van der Waals surface area contributed by atoms with E-state index in [9.17, 15) is 24.3 Å². The van der Waals surface area contributed by atoms with Crippen molar-refractivity contribution in [2.45, 2.75) is 18.9 Å². The molecule has 9 heteroatoms. The van der Waals surface area contributed by atoms with Gasteiger partial charge < -0.3 is 10.2 Å². The van der Waals surface area contributed by atoms with Crippen LogP contribution in [-0.4, -0.2) is 70.0 Å². The number of amides is 4. The molecule has 3 aromatic rings. The van der Waals surface area contributed by atoms with E-state index in [0.29, 0.717) is 35.1 Å². The van der Waals surface area contributed by atoms with Gasteiger partial charge in [-0.15, -0.1) is 0 Å². The number of hydrogen-bond donors (Lipinski definition) is 2. The molecule has 0 radical (unpaired) electrons. The SMILES string of the molecule is CSCCC(CO)N1C(=O)c2ccc3c4c(ccc(c24)C1=O)C(=O)N(c1ccc(CCO)cc1)C3=O. The summed E-state index contributed by atoms with van der Waals surface area (Å²) in [6, 6.07) is 12.2. The van der Waals surface area contributed by atoms with E-state index in [1.165, 1.54) is 24.3 Å². The lowest BCUT2D eigenvalue weighted by Gasteiger charge is -2.35. The van der Waals surface area contributed by atoms with Crippen molar-refractivity contribution < 1.29 is 29.4 Å². The van der Waals surface area contributed by atoms with E-state index in [-0.39, 0.29) is 35.5 Å². The quantitative estimate of drug-likeness (QED) is 0.453. The van der Waals surface area contributed by atoms with Crippen molar-refractivity contribution in [1.29, 1.82) is 0 Å². The molecule has 2 aliphatic heterocycles. The molecule has 0 aliphatic carbocycles. The molecule has 0 fully saturated rings. The van der Waals surface area contributed by atoms with Gasteiger partial charge in [-0.2, -0.15) is 11.8 Å². The zero-order valence-corrected chi connectivity index (χ0v) is 20.4. The third kappa shape index (κ3) is 3.62. The Morgan fingerprint density at radius 1 is 0.750 bits per heavy atom. The molecule has 0 saturated heterocycles. The summed E-state index contributed by atoms with van der Waals surface area (Å²) >= 11 is 1.56. The van der Waals surface area contributed by atoms with Gasteiger partial charge in [0.1, 0.15) is 0 Å². The molecule has 5 rings (SSSR count). The Morgan fingerprint density at radius 2 is 1.25 bits per heavy atom. The summed E-state index contributed by atoms with van der Waals surface area (Å²) in [5.41, 5.74) is 2.20. The number of rotatable bonds is 8. The summed E-state index contributed by atoms with van der Waals surface area (Å²) in [4.78, 5) is 56.1. The summed E-state index contributed by atoms with van der Waals surface area (Å²) in [5, 5.41) is 19.7. The van der Waals surface area contributed by atoms with Crippen LogP contribution < -0.4 is 4.90 Å². The summed E-state index contributed by atoms with van der Waals surface area (Å²) in [7, 11) is 0. The molecule has 0 spiro atoms. The number of nitrogens with zero attached hydrogens (tertiary/aromatic N) is 2. The van der Waals surface area contributed by atoms with E-state index < -0.39 is 29.7 Å². The second-order valence-corrected chi connectivity index (χ2v) is 9.74. The van der Waals surface area contributed by atoms with Crippen molar-refractivity contribution in [1.82, 2.24) is 4.90 Å². The van der Waals surface area contributed by atoms with Crippen molar-refractivity contribution in [3.63, 3.8) is 0 Å². The van der Waals surface area contributed by atoms with Gasteiger partial charge in [0, 0.05) is 39.6 Å². The van der Waals surface area contributed by atoms with E-state index in [4.69, 9.17) is 5.11 Å². The van der Waals surface area contributed by atoms with Gasteiger partial charge in [-0.1, -0.05) is 12.1 Å². The van der Waals surface area contributed by atoms with Gasteiger partial charge in [0.2, 0.25) is 0 Å². The highest BCUT2D eigenvalue weighted by Gasteiger charge is 2.41. The number of hydrogen-bond acceptors (Lipinski definition) is 7. The number of carbonyl (C=O) groups is 4. The highest BCUT2D eigenvalue weighted by molar-refractivity contribution is 7.98. The highest BCUT2D eigenvalue weighted by Crippen LogP contribution is 2.39. The van der Waals surface area contributed by atoms with E-state index in [1.54, 1.807) is 36.0 Å². The topological polar surface area (TPSA) is 115 Å². The largest absolute Gasteiger partial charge is 0.396 e. The first-order valence-corrected chi connectivity index (χ1v) is 13.0. The molecule has 2 heterocycles. The van der Waals surface area contributed by atoms with Crippen LogP contribution in [0.4, 0.5) is 5.69 Å². The Morgan fingerprint density at radius 3 is 1.69 bits per heavy atom. The molecule has 2 N–H and O–H groups in total. The summed E-state index contributed by atoms with van der Waals surface area (Å²) in [5.74, 6) is -1.50. The minimum absolute atomic E-state index is 0.00749. The molecule has 1 unspecified atom stereocenters. The predicted molar refractivity (Wildman–Crippen MR) is 137 cm³/mol. The number of carbonyl (C=O) groups excluding carboxylic acids is 4. The Hall–Kier alpha value is -3.53. The molecule has 184 valence electrons. The molecule has 36 heavy (non-hydrogen) atoms. The zero-order valence-electron chi connectivity index (χ0n) is 19.6. The van der Waals surface area contributed by atoms with Crippen LogP contribution in [0.1, 0.15) is 53.4 Å². The van der Waals surface area contributed by atoms with Crippen LogP contribution >= 0.6 is 11.8 Å². The van der Waals surface area contributed by atoms with E-state index in [1.807, 2.05) is 6.26 Å². The first-order chi connectivity index (χ1) is 17.4. The Balaban J connectivity index is 1.61. The van der Waals surface area contributed by atoms with Gasteiger partial charge >= 0.3 is 0 Å². The van der Waals surface area contributed by atoms with Gasteiger partial charge in [0.15, 0.2) is 0 Å².